The number of primary amides is 1. The third-order valence-corrected chi connectivity index (χ3v) is 4.79. The maximum absolute atomic E-state index is 13.3. The highest BCUT2D eigenvalue weighted by Gasteiger charge is 2.37. The summed E-state index contributed by atoms with van der Waals surface area (Å²) in [6, 6.07) is 10.9. The molecular weight excluding hydrogens is 416 g/mol. The Balaban J connectivity index is 1.94. The molecule has 2 amide bonds. The lowest BCUT2D eigenvalue weighted by Crippen LogP contribution is -2.39. The number of hydrazone groups is 1. The van der Waals surface area contributed by atoms with Gasteiger partial charge in [-0.25, -0.2) is 4.79 Å². The van der Waals surface area contributed by atoms with Gasteiger partial charge in [0, 0.05) is 12.5 Å². The molecule has 0 bridgehead atoms. The number of methoxy groups -OCH3 is 2. The number of anilines is 2. The summed E-state index contributed by atoms with van der Waals surface area (Å²) in [7, 11) is 2.85. The van der Waals surface area contributed by atoms with Gasteiger partial charge in [0.2, 0.25) is 5.91 Å². The monoisotopic (exact) mass is 440 g/mol. The average Bonchev–Trinajstić information content (AvgIpc) is 3.25. The summed E-state index contributed by atoms with van der Waals surface area (Å²) < 4.78 is 15.5. The van der Waals surface area contributed by atoms with Gasteiger partial charge in [0.25, 0.3) is 5.91 Å². The molecule has 3 N–H and O–H groups in total. The van der Waals surface area contributed by atoms with E-state index in [-0.39, 0.29) is 30.0 Å². The minimum Gasteiger partial charge on any atom is -0.493 e. The number of benzene rings is 2. The normalized spacial score (nSPS) is 15.0. The third kappa shape index (κ3) is 4.64. The van der Waals surface area contributed by atoms with Crippen LogP contribution in [0.5, 0.6) is 11.5 Å². The van der Waals surface area contributed by atoms with Gasteiger partial charge in [0.05, 0.1) is 37.8 Å². The zero-order chi connectivity index (χ0) is 23.3. The van der Waals surface area contributed by atoms with Crippen molar-refractivity contribution in [3.63, 3.8) is 0 Å². The van der Waals surface area contributed by atoms with Crippen LogP contribution in [0.2, 0.25) is 0 Å². The molecule has 3 rings (SSSR count). The lowest BCUT2D eigenvalue weighted by molar-refractivity contribution is -0.135. The number of esters is 1. The van der Waals surface area contributed by atoms with E-state index in [0.29, 0.717) is 17.2 Å². The quantitative estimate of drug-likeness (QED) is 0.600. The van der Waals surface area contributed by atoms with Crippen molar-refractivity contribution in [2.24, 2.45) is 10.8 Å². The van der Waals surface area contributed by atoms with Crippen LogP contribution in [0, 0.1) is 0 Å². The van der Waals surface area contributed by atoms with Crippen molar-refractivity contribution in [3.05, 3.63) is 48.0 Å². The highest BCUT2D eigenvalue weighted by atomic mass is 16.5. The Morgan fingerprint density at radius 1 is 1.12 bits per heavy atom. The summed E-state index contributed by atoms with van der Waals surface area (Å²) in [5, 5.41) is 8.48. The van der Waals surface area contributed by atoms with Gasteiger partial charge in [0.15, 0.2) is 11.5 Å². The van der Waals surface area contributed by atoms with E-state index < -0.39 is 23.8 Å². The van der Waals surface area contributed by atoms with Crippen molar-refractivity contribution >= 4 is 34.9 Å². The first kappa shape index (κ1) is 22.6. The molecule has 0 saturated heterocycles. The van der Waals surface area contributed by atoms with Crippen LogP contribution in [0.15, 0.2) is 47.6 Å². The van der Waals surface area contributed by atoms with Gasteiger partial charge in [-0.05, 0) is 25.1 Å². The number of hydrogen-bond acceptors (Lipinski definition) is 8. The van der Waals surface area contributed by atoms with E-state index in [1.165, 1.54) is 31.4 Å². The first-order chi connectivity index (χ1) is 15.4. The number of ether oxygens (including phenoxy) is 3. The van der Waals surface area contributed by atoms with E-state index >= 15 is 0 Å². The third-order valence-electron chi connectivity index (χ3n) is 4.79. The number of carbonyl (C=O) groups is 3. The molecule has 0 saturated carbocycles. The van der Waals surface area contributed by atoms with E-state index in [1.54, 1.807) is 31.2 Å². The summed E-state index contributed by atoms with van der Waals surface area (Å²) in [6.45, 7) is 1.88. The van der Waals surface area contributed by atoms with E-state index in [2.05, 4.69) is 10.4 Å². The highest BCUT2D eigenvalue weighted by Crippen LogP contribution is 2.34. The molecule has 1 unspecified atom stereocenters. The molecular formula is C22H24N4O6. The van der Waals surface area contributed by atoms with E-state index in [9.17, 15) is 14.4 Å². The van der Waals surface area contributed by atoms with E-state index in [1.807, 2.05) is 6.07 Å². The van der Waals surface area contributed by atoms with Gasteiger partial charge in [-0.15, -0.1) is 0 Å². The zero-order valence-electron chi connectivity index (χ0n) is 18.0. The molecule has 1 heterocycles. The van der Waals surface area contributed by atoms with E-state index in [4.69, 9.17) is 19.9 Å². The van der Waals surface area contributed by atoms with Crippen molar-refractivity contribution in [1.82, 2.24) is 0 Å². The second-order valence-corrected chi connectivity index (χ2v) is 6.77. The molecule has 32 heavy (non-hydrogen) atoms. The first-order valence-corrected chi connectivity index (χ1v) is 9.85. The number of carbonyl (C=O) groups excluding carboxylic acids is 3. The number of nitrogens with two attached hydrogens (primary N) is 1. The number of para-hydroxylation sites is 1. The van der Waals surface area contributed by atoms with E-state index in [0.717, 1.165) is 0 Å². The molecule has 2 aromatic rings. The summed E-state index contributed by atoms with van der Waals surface area (Å²) in [5.41, 5.74) is 6.43. The smallest absolute Gasteiger partial charge is 0.354 e. The summed E-state index contributed by atoms with van der Waals surface area (Å²) in [6.07, 6.45) is 0.0265. The second-order valence-electron chi connectivity index (χ2n) is 6.77. The average molecular weight is 440 g/mol. The SMILES string of the molecule is CCOC(=O)C1=NN(c2ccccc2)C(C(=O)Nc2cc(OC)c(OC)cc2C(N)=O)C1. The lowest BCUT2D eigenvalue weighted by atomic mass is 10.1. The summed E-state index contributed by atoms with van der Waals surface area (Å²) in [5.74, 6) is -1.24. The van der Waals surface area contributed by atoms with Crippen LogP contribution in [0.25, 0.3) is 0 Å². The highest BCUT2D eigenvalue weighted by molar-refractivity contribution is 6.38. The molecule has 1 aliphatic heterocycles. The van der Waals surface area contributed by atoms with Crippen LogP contribution in [-0.4, -0.2) is 50.4 Å². The first-order valence-electron chi connectivity index (χ1n) is 9.85. The molecule has 168 valence electrons. The Hall–Kier alpha value is -4.08. The number of amides is 2. The largest absolute Gasteiger partial charge is 0.493 e. The van der Waals surface area contributed by atoms with Gasteiger partial charge in [-0.1, -0.05) is 18.2 Å². The van der Waals surface area contributed by atoms with Gasteiger partial charge >= 0.3 is 5.97 Å². The molecule has 0 spiro atoms. The van der Waals surface area contributed by atoms with Crippen molar-refractivity contribution in [3.8, 4) is 11.5 Å². The van der Waals surface area contributed by atoms with Crippen LogP contribution >= 0.6 is 0 Å². The number of rotatable bonds is 8. The molecule has 0 radical (unpaired) electrons. The molecule has 1 aliphatic rings. The number of nitrogens with one attached hydrogen (secondary N) is 1. The number of hydrogen-bond donors (Lipinski definition) is 2. The van der Waals surface area contributed by atoms with Crippen LogP contribution in [-0.2, 0) is 14.3 Å². The standard InChI is InChI=1S/C22H24N4O6/c1-4-32-22(29)16-11-17(26(25-16)13-8-6-5-7-9-13)21(28)24-15-12-19(31-3)18(30-2)10-14(15)20(23)27/h5-10,12,17H,4,11H2,1-3H3,(H2,23,27)(H,24,28). The van der Waals surface area contributed by atoms with Gasteiger partial charge in [-0.3, -0.25) is 14.6 Å². The Bertz CT molecular complexity index is 1050. The van der Waals surface area contributed by atoms with Crippen LogP contribution in [0.1, 0.15) is 23.7 Å². The Labute approximate surface area is 184 Å². The van der Waals surface area contributed by atoms with Crippen LogP contribution in [0.3, 0.4) is 0 Å². The fraction of sp³-hybridized carbons (Fsp3) is 0.273. The number of nitrogens with zero attached hydrogens (tertiary/aromatic N) is 2. The molecule has 1 atom stereocenters. The predicted molar refractivity (Wildman–Crippen MR) is 118 cm³/mol. The Morgan fingerprint density at radius 2 is 1.78 bits per heavy atom. The summed E-state index contributed by atoms with van der Waals surface area (Å²) in [4.78, 5) is 37.5. The van der Waals surface area contributed by atoms with Crippen LogP contribution < -0.4 is 25.5 Å². The molecule has 0 aliphatic carbocycles. The fourth-order valence-corrected chi connectivity index (χ4v) is 3.27. The minimum atomic E-state index is -0.856. The Morgan fingerprint density at radius 3 is 2.38 bits per heavy atom. The minimum absolute atomic E-state index is 0.0265. The molecule has 0 fully saturated rings. The molecule has 10 heteroatoms. The van der Waals surface area contributed by atoms with Gasteiger partial charge < -0.3 is 25.3 Å². The molecule has 10 nitrogen and oxygen atoms in total. The van der Waals surface area contributed by atoms with Crippen LogP contribution in [0.4, 0.5) is 11.4 Å². The fourth-order valence-electron chi connectivity index (χ4n) is 3.27. The lowest BCUT2D eigenvalue weighted by Gasteiger charge is -2.23. The predicted octanol–water partition coefficient (Wildman–Crippen LogP) is 1.94. The summed E-state index contributed by atoms with van der Waals surface area (Å²) >= 11 is 0. The van der Waals surface area contributed by atoms with Gasteiger partial charge in [-0.2, -0.15) is 5.10 Å². The van der Waals surface area contributed by atoms with Crippen molar-refractivity contribution in [2.45, 2.75) is 19.4 Å². The second kappa shape index (κ2) is 9.82. The van der Waals surface area contributed by atoms with Gasteiger partial charge in [0.1, 0.15) is 11.8 Å². The van der Waals surface area contributed by atoms with Crippen molar-refractivity contribution in [2.75, 3.05) is 31.2 Å². The van der Waals surface area contributed by atoms with Crippen molar-refractivity contribution in [1.29, 1.82) is 0 Å². The topological polar surface area (TPSA) is 133 Å². The molecule has 0 aromatic heterocycles. The molecule has 2 aromatic carbocycles. The zero-order valence-corrected chi connectivity index (χ0v) is 18.0. The van der Waals surface area contributed by atoms with Crippen molar-refractivity contribution < 1.29 is 28.6 Å². The maximum Gasteiger partial charge on any atom is 0.354 e. The maximum atomic E-state index is 13.3. The Kier molecular flexibility index (Phi) is 6.93.